The zero-order valence-electron chi connectivity index (χ0n) is 53.9. The van der Waals surface area contributed by atoms with Gasteiger partial charge in [-0.2, -0.15) is 0 Å². The van der Waals surface area contributed by atoms with Crippen LogP contribution in [-0.4, -0.2) is 22.4 Å². The average molecular weight is 1150 g/mol. The summed E-state index contributed by atoms with van der Waals surface area (Å²) in [4.78, 5) is 0. The third-order valence-electron chi connectivity index (χ3n) is 23.6. The Morgan fingerprint density at radius 2 is 0.565 bits per heavy atom. The molecule has 6 aliphatic rings. The highest BCUT2D eigenvalue weighted by Gasteiger charge is 2.63. The molecule has 2 unspecified atom stereocenters. The van der Waals surface area contributed by atoms with Crippen LogP contribution in [0.25, 0.3) is 0 Å². The first-order chi connectivity index (χ1) is 41.5. The first-order valence-electron chi connectivity index (χ1n) is 35.8. The van der Waals surface area contributed by atoms with Crippen molar-refractivity contribution in [3.63, 3.8) is 0 Å². The zero-order valence-corrected chi connectivity index (χ0v) is 53.9. The average Bonchev–Trinajstić information content (AvgIpc) is 1.75. The predicted molar refractivity (Wildman–Crippen MR) is 353 cm³/mol. The standard InChI is InChI=1S/C81H112O4/c1-7-16-57-29-39-62(40-30-57)63-49-51-72(52-50-63)79(6)84-77(80(82,73-25-12-21-68(53-73)64-41-31-58(17-8-2)32-42-64)74-26-13-22-69(54-74)65-43-33-59(18-9-3)34-44-65)78(85-79)81(83,75-27-14-23-70(55-75)66-45-35-60(19-10-4)36-46-66)76-28-15-24-71(56-76)67-47-37-61(20-11-5)38-48-67/h12-15,21-28,49-62,64-67,77-78,82-83H,7-11,16-20,29-48H2,1-6H3. The minimum absolute atomic E-state index is 0.417. The first-order valence-corrected chi connectivity index (χ1v) is 35.8. The van der Waals surface area contributed by atoms with Crippen molar-refractivity contribution in [2.45, 2.75) is 293 Å². The Morgan fingerprint density at radius 3 is 0.800 bits per heavy atom. The van der Waals surface area contributed by atoms with Crippen LogP contribution in [0.3, 0.4) is 0 Å². The van der Waals surface area contributed by atoms with Gasteiger partial charge in [-0.1, -0.05) is 220 Å². The highest BCUT2D eigenvalue weighted by molar-refractivity contribution is 5.48. The molecule has 5 aliphatic carbocycles. The lowest BCUT2D eigenvalue weighted by Crippen LogP contribution is -2.55. The third kappa shape index (κ3) is 13.9. The van der Waals surface area contributed by atoms with Crippen molar-refractivity contribution in [2.24, 2.45) is 29.6 Å². The van der Waals surface area contributed by atoms with Crippen LogP contribution in [-0.2, 0) is 26.5 Å². The molecule has 85 heavy (non-hydrogen) atoms. The lowest BCUT2D eigenvalue weighted by atomic mass is 9.69. The summed E-state index contributed by atoms with van der Waals surface area (Å²) >= 11 is 0. The van der Waals surface area contributed by atoms with Crippen molar-refractivity contribution < 1.29 is 19.7 Å². The van der Waals surface area contributed by atoms with Crippen LogP contribution in [0.2, 0.25) is 0 Å². The Hall–Kier alpha value is -4.06. The summed E-state index contributed by atoms with van der Waals surface area (Å²) in [7, 11) is 0. The second kappa shape index (κ2) is 28.6. The van der Waals surface area contributed by atoms with Crippen LogP contribution in [0.15, 0.2) is 121 Å². The van der Waals surface area contributed by atoms with Crippen molar-refractivity contribution in [1.29, 1.82) is 0 Å². The van der Waals surface area contributed by atoms with Gasteiger partial charge in [0, 0.05) is 5.56 Å². The van der Waals surface area contributed by atoms with E-state index in [-0.39, 0.29) is 0 Å². The highest BCUT2D eigenvalue weighted by atomic mass is 16.8. The van der Waals surface area contributed by atoms with Crippen LogP contribution >= 0.6 is 0 Å². The second-order valence-electron chi connectivity index (χ2n) is 29.2. The van der Waals surface area contributed by atoms with E-state index in [2.05, 4.69) is 163 Å². The van der Waals surface area contributed by atoms with E-state index in [9.17, 15) is 0 Å². The monoisotopic (exact) mass is 1150 g/mol. The predicted octanol–water partition coefficient (Wildman–Crippen LogP) is 21.9. The van der Waals surface area contributed by atoms with E-state index < -0.39 is 29.2 Å². The van der Waals surface area contributed by atoms with Gasteiger partial charge in [0.2, 0.25) is 0 Å². The summed E-state index contributed by atoms with van der Waals surface area (Å²) in [6.07, 6.45) is 35.1. The quantitative estimate of drug-likeness (QED) is 0.0725. The van der Waals surface area contributed by atoms with Gasteiger partial charge < -0.3 is 19.7 Å². The van der Waals surface area contributed by atoms with Gasteiger partial charge in [0.15, 0.2) is 5.79 Å². The van der Waals surface area contributed by atoms with E-state index in [4.69, 9.17) is 9.47 Å². The van der Waals surface area contributed by atoms with E-state index in [0.717, 1.165) is 109 Å². The van der Waals surface area contributed by atoms with Gasteiger partial charge in [0.1, 0.15) is 23.4 Å². The molecule has 1 aliphatic heterocycles. The molecular weight excluding hydrogens is 1040 g/mol. The molecule has 0 amide bonds. The molecule has 0 aromatic heterocycles. The number of hydrogen-bond acceptors (Lipinski definition) is 4. The topological polar surface area (TPSA) is 58.9 Å². The van der Waals surface area contributed by atoms with E-state index in [1.807, 2.05) is 0 Å². The second-order valence-corrected chi connectivity index (χ2v) is 29.2. The molecule has 1 saturated heterocycles. The first kappa shape index (κ1) is 62.5. The summed E-state index contributed by atoms with van der Waals surface area (Å²) < 4.78 is 15.8. The fourth-order valence-electron chi connectivity index (χ4n) is 18.5. The van der Waals surface area contributed by atoms with E-state index >= 15 is 10.2 Å². The van der Waals surface area contributed by atoms with Crippen LogP contribution in [0.5, 0.6) is 0 Å². The summed E-state index contributed by atoms with van der Waals surface area (Å²) in [6, 6.07) is 45.3. The summed E-state index contributed by atoms with van der Waals surface area (Å²) in [5, 5.41) is 30.3. The Kier molecular flexibility index (Phi) is 21.1. The number of ether oxygens (including phenoxy) is 2. The number of hydrogen-bond donors (Lipinski definition) is 2. The molecular formula is C81H112O4. The Bertz CT molecular complexity index is 2550. The third-order valence-corrected chi connectivity index (χ3v) is 23.6. The van der Waals surface area contributed by atoms with Crippen molar-refractivity contribution in [3.8, 4) is 0 Å². The maximum Gasteiger partial charge on any atom is 0.193 e. The van der Waals surface area contributed by atoms with Gasteiger partial charge in [0.05, 0.1) is 0 Å². The maximum atomic E-state index is 15.1. The summed E-state index contributed by atoms with van der Waals surface area (Å²) in [5.74, 6) is 4.89. The van der Waals surface area contributed by atoms with E-state index in [0.29, 0.717) is 29.6 Å². The van der Waals surface area contributed by atoms with E-state index in [1.165, 1.54) is 169 Å². The zero-order chi connectivity index (χ0) is 59.0. The molecule has 2 atom stereocenters. The molecule has 5 saturated carbocycles. The molecule has 1 heterocycles. The van der Waals surface area contributed by atoms with Crippen LogP contribution in [0.1, 0.15) is 319 Å². The number of benzene rings is 5. The molecule has 11 rings (SSSR count). The lowest BCUT2D eigenvalue weighted by molar-refractivity contribution is -0.193. The van der Waals surface area contributed by atoms with Crippen LogP contribution < -0.4 is 0 Å². The summed E-state index contributed by atoms with van der Waals surface area (Å²) in [6.45, 7) is 13.7. The fraction of sp³-hybridized carbons (Fsp3) is 0.630. The molecule has 0 radical (unpaired) electrons. The lowest BCUT2D eigenvalue weighted by Gasteiger charge is -2.43. The van der Waals surface area contributed by atoms with Gasteiger partial charge in [-0.05, 0) is 245 Å². The van der Waals surface area contributed by atoms with Gasteiger partial charge in [-0.15, -0.1) is 0 Å². The van der Waals surface area contributed by atoms with E-state index in [1.54, 1.807) is 0 Å². The molecule has 2 N–H and O–H groups in total. The van der Waals surface area contributed by atoms with Gasteiger partial charge in [-0.25, -0.2) is 0 Å². The molecule has 460 valence electrons. The van der Waals surface area contributed by atoms with Crippen molar-refractivity contribution in [3.05, 3.63) is 177 Å². The number of aliphatic hydroxyl groups is 2. The summed E-state index contributed by atoms with van der Waals surface area (Å²) in [5.41, 5.74) is 7.28. The molecule has 5 aromatic carbocycles. The van der Waals surface area contributed by atoms with Crippen molar-refractivity contribution >= 4 is 0 Å². The maximum absolute atomic E-state index is 15.1. The molecule has 4 nitrogen and oxygen atoms in total. The Morgan fingerprint density at radius 1 is 0.329 bits per heavy atom. The smallest absolute Gasteiger partial charge is 0.193 e. The van der Waals surface area contributed by atoms with Gasteiger partial charge >= 0.3 is 0 Å². The van der Waals surface area contributed by atoms with Gasteiger partial charge in [-0.3, -0.25) is 0 Å². The number of rotatable bonds is 22. The fourth-order valence-corrected chi connectivity index (χ4v) is 18.5. The normalized spacial score (nSPS) is 31.7. The van der Waals surface area contributed by atoms with Crippen molar-refractivity contribution in [2.75, 3.05) is 0 Å². The molecule has 5 aromatic rings. The largest absolute Gasteiger partial charge is 0.378 e. The highest BCUT2D eigenvalue weighted by Crippen LogP contribution is 2.55. The molecule has 6 fully saturated rings. The molecule has 0 bridgehead atoms. The van der Waals surface area contributed by atoms with Crippen LogP contribution in [0, 0.1) is 29.6 Å². The van der Waals surface area contributed by atoms with Gasteiger partial charge in [0.25, 0.3) is 0 Å². The van der Waals surface area contributed by atoms with Crippen molar-refractivity contribution in [1.82, 2.24) is 0 Å². The Labute approximate surface area is 516 Å². The molecule has 0 spiro atoms. The van der Waals surface area contributed by atoms with Crippen LogP contribution in [0.4, 0.5) is 0 Å². The SMILES string of the molecule is CCCC1CCC(c2ccc(C3(C)OC(C(O)(c4cccc(C5CCC(CCC)CC5)c4)c4cccc(C5CCC(CCC)CC5)c4)C(C(O)(c4cccc(C5CCC(CCC)CC5)c4)c4cccc(C5CCC(CCC)CC5)c4)O3)cc2)CC1. The minimum atomic E-state index is -1.75. The molecule has 4 heteroatoms. The minimum Gasteiger partial charge on any atom is -0.378 e. The Balaban J connectivity index is 1.07.